The SMILES string of the molecule is N#CCn1ncc2c1CCNC2. The molecule has 1 aromatic heterocycles. The Labute approximate surface area is 70.8 Å². The second kappa shape index (κ2) is 2.95. The summed E-state index contributed by atoms with van der Waals surface area (Å²) in [5.41, 5.74) is 2.45. The number of nitrogens with zero attached hydrogens (tertiary/aromatic N) is 3. The van der Waals surface area contributed by atoms with Gasteiger partial charge in [0, 0.05) is 30.8 Å². The first kappa shape index (κ1) is 7.32. The summed E-state index contributed by atoms with van der Waals surface area (Å²) in [6.45, 7) is 2.25. The maximum atomic E-state index is 8.51. The third-order valence-electron chi connectivity index (χ3n) is 2.11. The normalized spacial score (nSPS) is 15.2. The smallest absolute Gasteiger partial charge is 0.128 e. The van der Waals surface area contributed by atoms with Gasteiger partial charge in [0.15, 0.2) is 0 Å². The van der Waals surface area contributed by atoms with Crippen molar-refractivity contribution in [3.8, 4) is 6.07 Å². The molecule has 0 spiro atoms. The highest BCUT2D eigenvalue weighted by atomic mass is 15.3. The first-order valence-corrected chi connectivity index (χ1v) is 4.03. The molecule has 1 aromatic rings. The van der Waals surface area contributed by atoms with Crippen molar-refractivity contribution in [3.63, 3.8) is 0 Å². The first-order chi connectivity index (χ1) is 5.92. The molecule has 0 aromatic carbocycles. The topological polar surface area (TPSA) is 53.6 Å². The molecule has 0 bridgehead atoms. The third-order valence-corrected chi connectivity index (χ3v) is 2.11. The molecule has 62 valence electrons. The van der Waals surface area contributed by atoms with E-state index in [0.29, 0.717) is 6.54 Å². The summed E-state index contributed by atoms with van der Waals surface area (Å²) < 4.78 is 1.79. The predicted octanol–water partition coefficient (Wildman–Crippen LogP) is 0.0524. The molecule has 0 aliphatic carbocycles. The number of hydrogen-bond donors (Lipinski definition) is 1. The van der Waals surface area contributed by atoms with Crippen LogP contribution in [0.1, 0.15) is 11.3 Å². The van der Waals surface area contributed by atoms with Crippen LogP contribution in [0, 0.1) is 11.3 Å². The molecule has 4 heteroatoms. The highest BCUT2D eigenvalue weighted by molar-refractivity contribution is 5.20. The number of nitriles is 1. The minimum absolute atomic E-state index is 0.370. The van der Waals surface area contributed by atoms with Crippen LogP contribution < -0.4 is 5.32 Å². The predicted molar refractivity (Wildman–Crippen MR) is 43.3 cm³/mol. The Hall–Kier alpha value is -1.34. The van der Waals surface area contributed by atoms with E-state index in [4.69, 9.17) is 5.26 Å². The molecule has 0 amide bonds. The summed E-state index contributed by atoms with van der Waals surface area (Å²) in [6, 6.07) is 2.10. The van der Waals surface area contributed by atoms with E-state index in [1.54, 1.807) is 4.68 Å². The Kier molecular flexibility index (Phi) is 1.80. The summed E-state index contributed by atoms with van der Waals surface area (Å²) >= 11 is 0. The fraction of sp³-hybridized carbons (Fsp3) is 0.500. The molecule has 2 rings (SSSR count). The van der Waals surface area contributed by atoms with Crippen molar-refractivity contribution < 1.29 is 0 Å². The van der Waals surface area contributed by atoms with Gasteiger partial charge in [-0.05, 0) is 0 Å². The lowest BCUT2D eigenvalue weighted by Crippen LogP contribution is -2.24. The van der Waals surface area contributed by atoms with Gasteiger partial charge in [-0.15, -0.1) is 0 Å². The summed E-state index contributed by atoms with van der Waals surface area (Å²) in [6.07, 6.45) is 2.83. The zero-order valence-corrected chi connectivity index (χ0v) is 6.75. The number of nitrogens with one attached hydrogen (secondary N) is 1. The van der Waals surface area contributed by atoms with Crippen LogP contribution in [0.2, 0.25) is 0 Å². The van der Waals surface area contributed by atoms with Crippen LogP contribution >= 0.6 is 0 Å². The molecule has 0 fully saturated rings. The van der Waals surface area contributed by atoms with E-state index in [0.717, 1.165) is 19.5 Å². The van der Waals surface area contributed by atoms with E-state index in [1.165, 1.54) is 11.3 Å². The van der Waals surface area contributed by atoms with Gasteiger partial charge in [-0.25, -0.2) is 0 Å². The molecule has 12 heavy (non-hydrogen) atoms. The number of fused-ring (bicyclic) bond motifs is 1. The quantitative estimate of drug-likeness (QED) is 0.635. The largest absolute Gasteiger partial charge is 0.312 e. The van der Waals surface area contributed by atoms with Gasteiger partial charge in [0.25, 0.3) is 0 Å². The fourth-order valence-corrected chi connectivity index (χ4v) is 1.52. The second-order valence-corrected chi connectivity index (χ2v) is 2.86. The number of rotatable bonds is 1. The second-order valence-electron chi connectivity index (χ2n) is 2.86. The van der Waals surface area contributed by atoms with Crippen LogP contribution in [0.3, 0.4) is 0 Å². The van der Waals surface area contributed by atoms with Crippen molar-refractivity contribution in [2.75, 3.05) is 6.54 Å². The molecular formula is C8H10N4. The highest BCUT2D eigenvalue weighted by Gasteiger charge is 2.13. The average Bonchev–Trinajstić information content (AvgIpc) is 2.50. The van der Waals surface area contributed by atoms with E-state index in [9.17, 15) is 0 Å². The minimum atomic E-state index is 0.370. The molecule has 1 N–H and O–H groups in total. The van der Waals surface area contributed by atoms with Crippen molar-refractivity contribution in [1.82, 2.24) is 15.1 Å². The Morgan fingerprint density at radius 1 is 1.75 bits per heavy atom. The van der Waals surface area contributed by atoms with Crippen molar-refractivity contribution in [1.29, 1.82) is 5.26 Å². The first-order valence-electron chi connectivity index (χ1n) is 4.03. The third kappa shape index (κ3) is 1.08. The van der Waals surface area contributed by atoms with Crippen LogP contribution in [0.4, 0.5) is 0 Å². The van der Waals surface area contributed by atoms with Gasteiger partial charge < -0.3 is 5.32 Å². The lowest BCUT2D eigenvalue weighted by Gasteiger charge is -2.13. The number of hydrogen-bond acceptors (Lipinski definition) is 3. The molecule has 1 aliphatic heterocycles. The van der Waals surface area contributed by atoms with Gasteiger partial charge in [0.2, 0.25) is 0 Å². The lowest BCUT2D eigenvalue weighted by atomic mass is 10.1. The average molecular weight is 162 g/mol. The van der Waals surface area contributed by atoms with Gasteiger partial charge in [-0.3, -0.25) is 4.68 Å². The molecule has 2 heterocycles. The standard InChI is InChI=1S/C8H10N4/c9-2-4-12-8-1-3-10-5-7(8)6-11-12/h6,10H,1,3-5H2. The van der Waals surface area contributed by atoms with Gasteiger partial charge in [0.1, 0.15) is 6.54 Å². The molecule has 4 nitrogen and oxygen atoms in total. The zero-order chi connectivity index (χ0) is 8.39. The fourth-order valence-electron chi connectivity index (χ4n) is 1.52. The van der Waals surface area contributed by atoms with Crippen LogP contribution in [0.25, 0.3) is 0 Å². The summed E-state index contributed by atoms with van der Waals surface area (Å²) in [4.78, 5) is 0. The summed E-state index contributed by atoms with van der Waals surface area (Å²) in [7, 11) is 0. The van der Waals surface area contributed by atoms with E-state index in [1.807, 2.05) is 6.20 Å². The van der Waals surface area contributed by atoms with Crippen molar-refractivity contribution in [2.24, 2.45) is 0 Å². The van der Waals surface area contributed by atoms with Crippen LogP contribution in [-0.4, -0.2) is 16.3 Å². The van der Waals surface area contributed by atoms with Crippen LogP contribution in [-0.2, 0) is 19.5 Å². The van der Waals surface area contributed by atoms with Gasteiger partial charge in [0.05, 0.1) is 12.3 Å². The molecule has 0 unspecified atom stereocenters. The minimum Gasteiger partial charge on any atom is -0.312 e. The van der Waals surface area contributed by atoms with E-state index >= 15 is 0 Å². The van der Waals surface area contributed by atoms with Crippen molar-refractivity contribution in [3.05, 3.63) is 17.5 Å². The maximum absolute atomic E-state index is 8.51. The van der Waals surface area contributed by atoms with Crippen molar-refractivity contribution >= 4 is 0 Å². The Bertz CT molecular complexity index is 320. The van der Waals surface area contributed by atoms with E-state index in [-0.39, 0.29) is 0 Å². The van der Waals surface area contributed by atoms with Gasteiger partial charge >= 0.3 is 0 Å². The lowest BCUT2D eigenvalue weighted by molar-refractivity contribution is 0.590. The molecule has 0 atom stereocenters. The number of aromatic nitrogens is 2. The Morgan fingerprint density at radius 3 is 3.50 bits per heavy atom. The maximum Gasteiger partial charge on any atom is 0.128 e. The monoisotopic (exact) mass is 162 g/mol. The molecule has 0 saturated carbocycles. The van der Waals surface area contributed by atoms with Crippen molar-refractivity contribution in [2.45, 2.75) is 19.5 Å². The zero-order valence-electron chi connectivity index (χ0n) is 6.75. The highest BCUT2D eigenvalue weighted by Crippen LogP contribution is 2.12. The summed E-state index contributed by atoms with van der Waals surface area (Å²) in [5, 5.41) is 15.9. The Balaban J connectivity index is 2.33. The van der Waals surface area contributed by atoms with E-state index in [2.05, 4.69) is 16.5 Å². The summed E-state index contributed by atoms with van der Waals surface area (Å²) in [5.74, 6) is 0. The molecule has 1 aliphatic rings. The van der Waals surface area contributed by atoms with Gasteiger partial charge in [-0.1, -0.05) is 0 Å². The molecule has 0 saturated heterocycles. The molecular weight excluding hydrogens is 152 g/mol. The van der Waals surface area contributed by atoms with Crippen LogP contribution in [0.5, 0.6) is 0 Å². The van der Waals surface area contributed by atoms with Gasteiger partial charge in [-0.2, -0.15) is 10.4 Å². The Morgan fingerprint density at radius 2 is 2.67 bits per heavy atom. The van der Waals surface area contributed by atoms with E-state index < -0.39 is 0 Å². The van der Waals surface area contributed by atoms with Crippen LogP contribution in [0.15, 0.2) is 6.20 Å². The molecule has 0 radical (unpaired) electrons.